The van der Waals surface area contributed by atoms with Crippen LogP contribution in [-0.4, -0.2) is 38.4 Å². The van der Waals surface area contributed by atoms with Gasteiger partial charge in [0.2, 0.25) is 11.8 Å². The number of benzene rings is 1. The highest BCUT2D eigenvalue weighted by molar-refractivity contribution is 7.99. The number of thioether (sulfide) groups is 1. The van der Waals surface area contributed by atoms with Gasteiger partial charge in [0.25, 0.3) is 0 Å². The van der Waals surface area contributed by atoms with Crippen molar-refractivity contribution in [3.63, 3.8) is 0 Å². The summed E-state index contributed by atoms with van der Waals surface area (Å²) in [5.74, 6) is 0.673. The molecule has 1 aliphatic rings. The lowest BCUT2D eigenvalue weighted by Gasteiger charge is -2.22. The van der Waals surface area contributed by atoms with Crippen molar-refractivity contribution >= 4 is 29.3 Å². The van der Waals surface area contributed by atoms with Crippen LogP contribution in [-0.2, 0) is 29.5 Å². The number of aryl methyl sites for hydroxylation is 1. The minimum atomic E-state index is -0.367. The maximum Gasteiger partial charge on any atom is 0.237 e. The fraction of sp³-hybridized carbons (Fsp3) is 0.412. The number of nitrogens with two attached hydrogens (primary N) is 1. The van der Waals surface area contributed by atoms with Gasteiger partial charge < -0.3 is 15.2 Å². The fourth-order valence-corrected chi connectivity index (χ4v) is 3.85. The van der Waals surface area contributed by atoms with Gasteiger partial charge in [-0.2, -0.15) is 0 Å². The second kappa shape index (κ2) is 7.26. The Kier molecular flexibility index (Phi) is 5.08. The van der Waals surface area contributed by atoms with Crippen LogP contribution in [0.5, 0.6) is 0 Å². The van der Waals surface area contributed by atoms with Crippen molar-refractivity contribution in [2.45, 2.75) is 37.4 Å². The summed E-state index contributed by atoms with van der Waals surface area (Å²) >= 11 is 1.36. The summed E-state index contributed by atoms with van der Waals surface area (Å²) in [6.07, 6.45) is 1.56. The van der Waals surface area contributed by atoms with E-state index < -0.39 is 0 Å². The second-order valence-electron chi connectivity index (χ2n) is 6.16. The van der Waals surface area contributed by atoms with Gasteiger partial charge in [0.15, 0.2) is 5.16 Å². The lowest BCUT2D eigenvalue weighted by molar-refractivity contribution is -0.118. The smallest absolute Gasteiger partial charge is 0.237 e. The number of amides is 2. The van der Waals surface area contributed by atoms with E-state index in [1.54, 1.807) is 0 Å². The molecule has 0 bridgehead atoms. The summed E-state index contributed by atoms with van der Waals surface area (Å²) in [6, 6.07) is 8.18. The number of carbonyl (C=O) groups excluding carboxylic acids is 2. The zero-order valence-corrected chi connectivity index (χ0v) is 15.1. The molecule has 0 aliphatic carbocycles. The van der Waals surface area contributed by atoms with Gasteiger partial charge in [0.1, 0.15) is 5.82 Å². The maximum absolute atomic E-state index is 12.7. The molecule has 0 saturated heterocycles. The number of hydrogen-bond acceptors (Lipinski definition) is 5. The molecule has 0 radical (unpaired) electrons. The van der Waals surface area contributed by atoms with Crippen LogP contribution in [0.1, 0.15) is 24.7 Å². The van der Waals surface area contributed by atoms with Gasteiger partial charge in [-0.1, -0.05) is 30.0 Å². The van der Waals surface area contributed by atoms with E-state index in [0.29, 0.717) is 23.2 Å². The number of rotatable bonds is 6. The fourth-order valence-electron chi connectivity index (χ4n) is 3.06. The van der Waals surface area contributed by atoms with E-state index in [-0.39, 0.29) is 24.3 Å². The summed E-state index contributed by atoms with van der Waals surface area (Å²) < 4.78 is 1.81. The summed E-state index contributed by atoms with van der Waals surface area (Å²) in [4.78, 5) is 25.5. The van der Waals surface area contributed by atoms with Crippen molar-refractivity contribution in [2.75, 3.05) is 10.7 Å². The number of hydrogen-bond donors (Lipinski definition) is 1. The van der Waals surface area contributed by atoms with Crippen LogP contribution in [0.2, 0.25) is 0 Å². The molecule has 0 saturated carbocycles. The number of primary amides is 1. The zero-order chi connectivity index (χ0) is 18.0. The molecule has 1 atom stereocenters. The average molecular weight is 359 g/mol. The standard InChI is InChI=1S/C17H21N5O2S/c1-11-9-12-5-3-4-6-13(12)22(11)16(24)10-25-17-20-19-15(21(17)2)8-7-14(18)23/h3-6,11H,7-10H2,1-2H3,(H2,18,23)/t11-/m0/s1. The van der Waals surface area contributed by atoms with Gasteiger partial charge >= 0.3 is 0 Å². The summed E-state index contributed by atoms with van der Waals surface area (Å²) in [5.41, 5.74) is 7.38. The van der Waals surface area contributed by atoms with Crippen molar-refractivity contribution in [1.82, 2.24) is 14.8 Å². The number of carbonyl (C=O) groups is 2. The number of fused-ring (bicyclic) bond motifs is 1. The monoisotopic (exact) mass is 359 g/mol. The molecule has 1 aromatic carbocycles. The quantitative estimate of drug-likeness (QED) is 0.785. The predicted octanol–water partition coefficient (Wildman–Crippen LogP) is 1.30. The first-order chi connectivity index (χ1) is 12.0. The minimum absolute atomic E-state index is 0.0594. The van der Waals surface area contributed by atoms with E-state index in [0.717, 1.165) is 12.1 Å². The second-order valence-corrected chi connectivity index (χ2v) is 7.10. The van der Waals surface area contributed by atoms with Crippen LogP contribution >= 0.6 is 11.8 Å². The van der Waals surface area contributed by atoms with E-state index in [1.165, 1.54) is 17.3 Å². The molecule has 1 aliphatic heterocycles. The third kappa shape index (κ3) is 3.68. The molecule has 0 fully saturated rings. The normalized spacial score (nSPS) is 16.1. The summed E-state index contributed by atoms with van der Waals surface area (Å²) in [7, 11) is 1.83. The first kappa shape index (κ1) is 17.5. The minimum Gasteiger partial charge on any atom is -0.370 e. The predicted molar refractivity (Wildman–Crippen MR) is 96.3 cm³/mol. The van der Waals surface area contributed by atoms with Crippen molar-refractivity contribution in [2.24, 2.45) is 12.8 Å². The van der Waals surface area contributed by atoms with E-state index in [2.05, 4.69) is 23.2 Å². The van der Waals surface area contributed by atoms with E-state index in [9.17, 15) is 9.59 Å². The first-order valence-electron chi connectivity index (χ1n) is 8.16. The Bertz CT molecular complexity index is 804. The Morgan fingerprint density at radius 2 is 2.08 bits per heavy atom. The highest BCUT2D eigenvalue weighted by Crippen LogP contribution is 2.32. The van der Waals surface area contributed by atoms with Crippen molar-refractivity contribution < 1.29 is 9.59 Å². The van der Waals surface area contributed by atoms with Crippen LogP contribution in [0.4, 0.5) is 5.69 Å². The molecule has 25 heavy (non-hydrogen) atoms. The molecule has 1 aromatic heterocycles. The van der Waals surface area contributed by atoms with Gasteiger partial charge in [-0.05, 0) is 25.0 Å². The molecule has 2 heterocycles. The Hall–Kier alpha value is -2.35. The number of anilines is 1. The van der Waals surface area contributed by atoms with Crippen LogP contribution in [0.15, 0.2) is 29.4 Å². The lowest BCUT2D eigenvalue weighted by Crippen LogP contribution is -2.37. The highest BCUT2D eigenvalue weighted by atomic mass is 32.2. The largest absolute Gasteiger partial charge is 0.370 e. The molecule has 2 amide bonds. The van der Waals surface area contributed by atoms with Gasteiger partial charge in [-0.3, -0.25) is 9.59 Å². The molecule has 0 spiro atoms. The third-order valence-electron chi connectivity index (χ3n) is 4.32. The Balaban J connectivity index is 1.64. The number of aromatic nitrogens is 3. The maximum atomic E-state index is 12.7. The van der Waals surface area contributed by atoms with Crippen LogP contribution in [0.25, 0.3) is 0 Å². The molecular weight excluding hydrogens is 338 g/mol. The molecule has 8 heteroatoms. The molecule has 2 aromatic rings. The van der Waals surface area contributed by atoms with Crippen molar-refractivity contribution in [3.05, 3.63) is 35.7 Å². The summed E-state index contributed by atoms with van der Waals surface area (Å²) in [5, 5.41) is 8.84. The van der Waals surface area contributed by atoms with Gasteiger partial charge in [0, 0.05) is 31.6 Å². The van der Waals surface area contributed by atoms with Gasteiger partial charge in [-0.15, -0.1) is 10.2 Å². The molecule has 2 N–H and O–H groups in total. The summed E-state index contributed by atoms with van der Waals surface area (Å²) in [6.45, 7) is 2.06. The van der Waals surface area contributed by atoms with Crippen LogP contribution < -0.4 is 10.6 Å². The first-order valence-corrected chi connectivity index (χ1v) is 9.15. The van der Waals surface area contributed by atoms with Crippen LogP contribution in [0, 0.1) is 0 Å². The molecule has 0 unspecified atom stereocenters. The van der Waals surface area contributed by atoms with E-state index >= 15 is 0 Å². The molecular formula is C17H21N5O2S. The molecule has 7 nitrogen and oxygen atoms in total. The van der Waals surface area contributed by atoms with Gasteiger partial charge in [-0.25, -0.2) is 0 Å². The Labute approximate surface area is 150 Å². The van der Waals surface area contributed by atoms with E-state index in [1.807, 2.05) is 34.7 Å². The number of nitrogens with zero attached hydrogens (tertiary/aromatic N) is 4. The Morgan fingerprint density at radius 1 is 1.32 bits per heavy atom. The van der Waals surface area contributed by atoms with Crippen molar-refractivity contribution in [3.8, 4) is 0 Å². The van der Waals surface area contributed by atoms with Crippen LogP contribution in [0.3, 0.4) is 0 Å². The van der Waals surface area contributed by atoms with Gasteiger partial charge in [0.05, 0.1) is 5.75 Å². The highest BCUT2D eigenvalue weighted by Gasteiger charge is 2.30. The topological polar surface area (TPSA) is 94.1 Å². The molecule has 3 rings (SSSR count). The van der Waals surface area contributed by atoms with E-state index in [4.69, 9.17) is 5.73 Å². The Morgan fingerprint density at radius 3 is 2.84 bits per heavy atom. The lowest BCUT2D eigenvalue weighted by atomic mass is 10.1. The molecule has 132 valence electrons. The average Bonchev–Trinajstić information content (AvgIpc) is 3.09. The number of para-hydroxylation sites is 1. The SMILES string of the molecule is C[C@H]1Cc2ccccc2N1C(=O)CSc1nnc(CCC(N)=O)n1C. The zero-order valence-electron chi connectivity index (χ0n) is 14.3. The third-order valence-corrected chi connectivity index (χ3v) is 5.33. The van der Waals surface area contributed by atoms with Crippen molar-refractivity contribution in [1.29, 1.82) is 0 Å².